The minimum atomic E-state index is -1.56. The fraction of sp³-hybridized carbons (Fsp3) is 0.636. The summed E-state index contributed by atoms with van der Waals surface area (Å²) in [5.41, 5.74) is -0.625. The van der Waals surface area contributed by atoms with Gasteiger partial charge in [0.25, 0.3) is 0 Å². The Labute approximate surface area is 158 Å². The van der Waals surface area contributed by atoms with Gasteiger partial charge in [-0.05, 0) is 68.6 Å². The summed E-state index contributed by atoms with van der Waals surface area (Å²) in [6, 6.07) is 0. The Bertz CT molecular complexity index is 824. The lowest BCUT2D eigenvalue weighted by Gasteiger charge is -2.54. The maximum Gasteiger partial charge on any atom is 0.190 e. The molecule has 0 aromatic carbocycles. The number of carbonyl (C=O) groups excluding carboxylic acids is 2. The Morgan fingerprint density at radius 3 is 2.70 bits per heavy atom. The summed E-state index contributed by atoms with van der Waals surface area (Å²) in [6.45, 7) is 4.96. The first kappa shape index (κ1) is 18.8. The van der Waals surface area contributed by atoms with E-state index in [-0.39, 0.29) is 24.0 Å². The molecule has 2 N–H and O–H groups in total. The Hall–Kier alpha value is -1.59. The van der Waals surface area contributed by atoms with Crippen LogP contribution in [-0.4, -0.2) is 40.2 Å². The molecule has 0 saturated heterocycles. The first-order valence-corrected chi connectivity index (χ1v) is 9.75. The van der Waals surface area contributed by atoms with Gasteiger partial charge in [0.2, 0.25) is 0 Å². The van der Waals surface area contributed by atoms with Gasteiger partial charge in [-0.25, -0.2) is 4.39 Å². The van der Waals surface area contributed by atoms with Crippen molar-refractivity contribution in [3.63, 3.8) is 0 Å². The van der Waals surface area contributed by atoms with E-state index in [4.69, 9.17) is 0 Å². The largest absolute Gasteiger partial charge is 0.388 e. The number of halogens is 1. The van der Waals surface area contributed by atoms with E-state index in [0.717, 1.165) is 5.57 Å². The van der Waals surface area contributed by atoms with Crippen LogP contribution in [0, 0.1) is 22.7 Å². The first-order valence-electron chi connectivity index (χ1n) is 9.75. The number of aliphatic hydroxyl groups excluding tert-OH is 1. The molecule has 0 heterocycles. The molecular formula is C22H27FO4. The Kier molecular flexibility index (Phi) is 3.97. The molecule has 0 unspecified atom stereocenters. The van der Waals surface area contributed by atoms with Gasteiger partial charge in [-0.15, -0.1) is 0 Å². The lowest BCUT2D eigenvalue weighted by Crippen LogP contribution is -2.56. The quantitative estimate of drug-likeness (QED) is 0.729. The van der Waals surface area contributed by atoms with E-state index in [2.05, 4.69) is 6.08 Å². The number of Topliss-reactive ketones (excluding diaryl/α,β-unsaturated/α-hetero) is 1. The second-order valence-electron chi connectivity index (χ2n) is 9.17. The van der Waals surface area contributed by atoms with E-state index in [9.17, 15) is 19.8 Å². The van der Waals surface area contributed by atoms with Gasteiger partial charge in [0.05, 0.1) is 0 Å². The maximum absolute atomic E-state index is 15.2. The molecular weight excluding hydrogens is 347 g/mol. The molecule has 5 heteroatoms. The number of fused-ring (bicyclic) bond motifs is 5. The lowest BCUT2D eigenvalue weighted by molar-refractivity contribution is -0.155. The third-order valence-corrected chi connectivity index (χ3v) is 7.99. The second-order valence-corrected chi connectivity index (χ2v) is 9.17. The van der Waals surface area contributed by atoms with Crippen LogP contribution in [0.25, 0.3) is 0 Å². The van der Waals surface area contributed by atoms with E-state index in [1.165, 1.54) is 6.08 Å². The second kappa shape index (κ2) is 5.71. The molecule has 4 aliphatic rings. The van der Waals surface area contributed by atoms with E-state index >= 15 is 4.39 Å². The molecule has 27 heavy (non-hydrogen) atoms. The van der Waals surface area contributed by atoms with Crippen molar-refractivity contribution in [2.45, 2.75) is 58.2 Å². The van der Waals surface area contributed by atoms with Gasteiger partial charge in [0.15, 0.2) is 11.6 Å². The summed E-state index contributed by atoms with van der Waals surface area (Å²) in [7, 11) is 0. The maximum atomic E-state index is 15.2. The molecule has 6 atom stereocenters. The summed E-state index contributed by atoms with van der Waals surface area (Å²) in [4.78, 5) is 24.4. The summed E-state index contributed by atoms with van der Waals surface area (Å²) < 4.78 is 15.2. The molecule has 0 amide bonds. The third-order valence-electron chi connectivity index (χ3n) is 7.99. The van der Waals surface area contributed by atoms with Crippen LogP contribution in [0.5, 0.6) is 0 Å². The van der Waals surface area contributed by atoms with Crippen molar-refractivity contribution in [1.82, 2.24) is 0 Å². The first-order chi connectivity index (χ1) is 12.6. The molecule has 0 aromatic rings. The summed E-state index contributed by atoms with van der Waals surface area (Å²) >= 11 is 0. The van der Waals surface area contributed by atoms with Crippen molar-refractivity contribution in [1.29, 1.82) is 0 Å². The van der Waals surface area contributed by atoms with E-state index in [1.807, 2.05) is 19.9 Å². The van der Waals surface area contributed by atoms with Gasteiger partial charge in [-0.2, -0.15) is 0 Å². The van der Waals surface area contributed by atoms with Crippen molar-refractivity contribution in [2.24, 2.45) is 22.7 Å². The van der Waals surface area contributed by atoms with Crippen LogP contribution in [0.4, 0.5) is 4.39 Å². The van der Waals surface area contributed by atoms with E-state index in [0.29, 0.717) is 30.4 Å². The molecule has 2 fully saturated rings. The average Bonchev–Trinajstić information content (AvgIpc) is 2.89. The van der Waals surface area contributed by atoms with Gasteiger partial charge in [-0.3, -0.25) is 9.59 Å². The third kappa shape index (κ3) is 2.21. The highest BCUT2D eigenvalue weighted by molar-refractivity contribution is 6.05. The molecule has 2 saturated carbocycles. The monoisotopic (exact) mass is 374 g/mol. The molecule has 0 spiro atoms. The van der Waals surface area contributed by atoms with Crippen LogP contribution < -0.4 is 0 Å². The minimum Gasteiger partial charge on any atom is -0.388 e. The fourth-order valence-corrected chi connectivity index (χ4v) is 6.42. The van der Waals surface area contributed by atoms with Crippen molar-refractivity contribution in [2.75, 3.05) is 6.61 Å². The number of aliphatic hydroxyl groups is 2. The molecule has 0 bridgehead atoms. The minimum absolute atomic E-state index is 0.0269. The number of ketones is 2. The van der Waals surface area contributed by atoms with Crippen LogP contribution in [0.1, 0.15) is 46.5 Å². The Balaban J connectivity index is 1.82. The summed E-state index contributed by atoms with van der Waals surface area (Å²) in [6.07, 6.45) is 5.91. The van der Waals surface area contributed by atoms with Crippen LogP contribution in [-0.2, 0) is 9.59 Å². The topological polar surface area (TPSA) is 74.6 Å². The van der Waals surface area contributed by atoms with Gasteiger partial charge in [0, 0.05) is 10.8 Å². The number of carbonyl (C=O) groups is 2. The Morgan fingerprint density at radius 1 is 1.33 bits per heavy atom. The van der Waals surface area contributed by atoms with E-state index in [1.54, 1.807) is 6.92 Å². The van der Waals surface area contributed by atoms with Crippen molar-refractivity contribution in [3.05, 3.63) is 34.9 Å². The molecule has 146 valence electrons. The van der Waals surface area contributed by atoms with Gasteiger partial charge >= 0.3 is 0 Å². The number of rotatable bonds is 2. The fourth-order valence-electron chi connectivity index (χ4n) is 6.42. The standard InChI is InChI=1S/C22H27FO4/c1-12-10-20(2)14-4-6-21(3)15(5-7-22(21,27)19(26)11-24)13(14)8-17(23)16(20)9-18(12)25/h4,9-10,13,15,17,24,27H,5-8,11H2,1-3H3/t13-,15+,17+,20-,21+,22+/m1/s1. The van der Waals surface area contributed by atoms with Crippen LogP contribution >= 0.6 is 0 Å². The SMILES string of the molecule is CC1=C[C@]2(C)C3=CC[C@@]4(C)[C@@H](CC[C@]4(O)C(=O)CO)[C@@H]3C[C@H](F)C2=CC1=O. The molecule has 4 rings (SSSR count). The number of alkyl halides is 1. The predicted octanol–water partition coefficient (Wildman–Crippen LogP) is 2.85. The van der Waals surface area contributed by atoms with Crippen LogP contribution in [0.15, 0.2) is 34.9 Å². The highest BCUT2D eigenvalue weighted by atomic mass is 19.1. The van der Waals surface area contributed by atoms with Gasteiger partial charge in [-0.1, -0.05) is 24.6 Å². The number of hydrogen-bond acceptors (Lipinski definition) is 4. The Morgan fingerprint density at radius 2 is 2.04 bits per heavy atom. The zero-order chi connectivity index (χ0) is 19.8. The highest BCUT2D eigenvalue weighted by Gasteiger charge is 2.64. The van der Waals surface area contributed by atoms with Crippen molar-refractivity contribution >= 4 is 11.6 Å². The van der Waals surface area contributed by atoms with Crippen LogP contribution in [0.3, 0.4) is 0 Å². The molecule has 4 aliphatic carbocycles. The molecule has 0 radical (unpaired) electrons. The van der Waals surface area contributed by atoms with Gasteiger partial charge < -0.3 is 10.2 Å². The summed E-state index contributed by atoms with van der Waals surface area (Å²) in [5, 5.41) is 20.5. The average molecular weight is 374 g/mol. The smallest absolute Gasteiger partial charge is 0.190 e. The zero-order valence-corrected chi connectivity index (χ0v) is 16.1. The zero-order valence-electron chi connectivity index (χ0n) is 16.1. The lowest BCUT2D eigenvalue weighted by atomic mass is 9.51. The number of allylic oxidation sites excluding steroid dienone is 6. The van der Waals surface area contributed by atoms with Gasteiger partial charge in [0.1, 0.15) is 18.4 Å². The van der Waals surface area contributed by atoms with Crippen molar-refractivity contribution < 1.29 is 24.2 Å². The van der Waals surface area contributed by atoms with Crippen LogP contribution in [0.2, 0.25) is 0 Å². The molecule has 4 nitrogen and oxygen atoms in total. The van der Waals surface area contributed by atoms with E-state index < -0.39 is 35.0 Å². The summed E-state index contributed by atoms with van der Waals surface area (Å²) in [5.74, 6) is -0.781. The molecule has 0 aromatic heterocycles. The normalized spacial score (nSPS) is 45.9. The highest BCUT2D eigenvalue weighted by Crippen LogP contribution is 2.65. The number of hydrogen-bond donors (Lipinski definition) is 2. The molecule has 0 aliphatic heterocycles. The van der Waals surface area contributed by atoms with Crippen molar-refractivity contribution in [3.8, 4) is 0 Å². The predicted molar refractivity (Wildman–Crippen MR) is 98.5 cm³/mol.